The van der Waals surface area contributed by atoms with E-state index in [1.807, 2.05) is 6.07 Å². The van der Waals surface area contributed by atoms with E-state index in [0.717, 1.165) is 34.8 Å². The molecule has 0 aliphatic carbocycles. The van der Waals surface area contributed by atoms with E-state index in [1.165, 1.54) is 18.4 Å². The van der Waals surface area contributed by atoms with Crippen LogP contribution in [0.25, 0.3) is 0 Å². The van der Waals surface area contributed by atoms with Gasteiger partial charge in [-0.05, 0) is 49.8 Å². The number of halogens is 2. The molecule has 100 valence electrons. The van der Waals surface area contributed by atoms with Crippen LogP contribution >= 0.6 is 31.9 Å². The molecule has 0 aromatic heterocycles. The van der Waals surface area contributed by atoms with E-state index < -0.39 is 0 Å². The van der Waals surface area contributed by atoms with E-state index in [-0.39, 0.29) is 6.04 Å². The highest BCUT2D eigenvalue weighted by Crippen LogP contribution is 2.29. The standard InChI is InChI=1S/C14H19Br2NO/c15-10-6-7-12(13(16)9-10)14(17)5-1-3-11-4-2-8-18-11/h6-7,9,11,14H,1-5,8,17H2. The van der Waals surface area contributed by atoms with Crippen LogP contribution in [0.5, 0.6) is 0 Å². The summed E-state index contributed by atoms with van der Waals surface area (Å²) in [7, 11) is 0. The summed E-state index contributed by atoms with van der Waals surface area (Å²) in [5.41, 5.74) is 7.43. The van der Waals surface area contributed by atoms with Crippen molar-refractivity contribution in [2.45, 2.75) is 44.2 Å². The second kappa shape index (κ2) is 7.04. The lowest BCUT2D eigenvalue weighted by atomic mass is 10.00. The first kappa shape index (κ1) is 14.5. The van der Waals surface area contributed by atoms with Crippen LogP contribution in [0, 0.1) is 0 Å². The molecule has 0 bridgehead atoms. The third kappa shape index (κ3) is 4.05. The summed E-state index contributed by atoms with van der Waals surface area (Å²) in [4.78, 5) is 0. The summed E-state index contributed by atoms with van der Waals surface area (Å²) in [5, 5.41) is 0. The van der Waals surface area contributed by atoms with Crippen molar-refractivity contribution in [3.63, 3.8) is 0 Å². The van der Waals surface area contributed by atoms with Gasteiger partial charge in [0, 0.05) is 21.6 Å². The highest BCUT2D eigenvalue weighted by atomic mass is 79.9. The van der Waals surface area contributed by atoms with Crippen molar-refractivity contribution in [1.29, 1.82) is 0 Å². The van der Waals surface area contributed by atoms with Crippen LogP contribution in [-0.4, -0.2) is 12.7 Å². The van der Waals surface area contributed by atoms with Crippen LogP contribution in [0.15, 0.2) is 27.1 Å². The molecule has 0 radical (unpaired) electrons. The molecule has 2 rings (SSSR count). The Bertz CT molecular complexity index is 391. The fourth-order valence-corrected chi connectivity index (χ4v) is 3.74. The second-order valence-electron chi connectivity index (χ2n) is 4.84. The lowest BCUT2D eigenvalue weighted by Crippen LogP contribution is -2.12. The van der Waals surface area contributed by atoms with Gasteiger partial charge in [-0.1, -0.05) is 37.9 Å². The van der Waals surface area contributed by atoms with E-state index in [0.29, 0.717) is 6.10 Å². The second-order valence-corrected chi connectivity index (χ2v) is 6.61. The summed E-state index contributed by atoms with van der Waals surface area (Å²) in [6.07, 6.45) is 6.20. The maximum atomic E-state index is 6.24. The van der Waals surface area contributed by atoms with Gasteiger partial charge < -0.3 is 10.5 Å². The van der Waals surface area contributed by atoms with Gasteiger partial charge in [0.1, 0.15) is 0 Å². The third-order valence-electron chi connectivity index (χ3n) is 3.43. The summed E-state index contributed by atoms with van der Waals surface area (Å²) in [5.74, 6) is 0. The predicted octanol–water partition coefficient (Wildman–Crippen LogP) is 4.56. The van der Waals surface area contributed by atoms with Crippen molar-refractivity contribution in [3.05, 3.63) is 32.7 Å². The van der Waals surface area contributed by atoms with Crippen LogP contribution in [0.4, 0.5) is 0 Å². The summed E-state index contributed by atoms with van der Waals surface area (Å²) < 4.78 is 7.78. The summed E-state index contributed by atoms with van der Waals surface area (Å²) in [6.45, 7) is 0.939. The molecule has 2 N–H and O–H groups in total. The van der Waals surface area contributed by atoms with Crippen LogP contribution in [0.3, 0.4) is 0 Å². The normalized spacial score (nSPS) is 21.2. The van der Waals surface area contributed by atoms with Crippen molar-refractivity contribution in [2.75, 3.05) is 6.61 Å². The highest BCUT2D eigenvalue weighted by Gasteiger charge is 2.16. The molecular formula is C14H19Br2NO. The minimum atomic E-state index is 0.105. The van der Waals surface area contributed by atoms with E-state index >= 15 is 0 Å². The van der Waals surface area contributed by atoms with Gasteiger partial charge in [0.05, 0.1) is 6.10 Å². The molecule has 0 spiro atoms. The van der Waals surface area contributed by atoms with Crippen molar-refractivity contribution < 1.29 is 4.74 Å². The molecule has 4 heteroatoms. The Morgan fingerprint density at radius 1 is 1.39 bits per heavy atom. The first-order valence-electron chi connectivity index (χ1n) is 6.49. The zero-order valence-electron chi connectivity index (χ0n) is 10.4. The van der Waals surface area contributed by atoms with Gasteiger partial charge >= 0.3 is 0 Å². The van der Waals surface area contributed by atoms with Crippen molar-refractivity contribution in [1.82, 2.24) is 0 Å². The molecule has 1 aromatic carbocycles. The maximum Gasteiger partial charge on any atom is 0.0576 e. The van der Waals surface area contributed by atoms with Crippen molar-refractivity contribution in [2.24, 2.45) is 5.73 Å². The van der Waals surface area contributed by atoms with Crippen molar-refractivity contribution in [3.8, 4) is 0 Å². The van der Waals surface area contributed by atoms with E-state index in [4.69, 9.17) is 10.5 Å². The van der Waals surface area contributed by atoms with E-state index in [9.17, 15) is 0 Å². The Hall–Kier alpha value is 0.1000. The highest BCUT2D eigenvalue weighted by molar-refractivity contribution is 9.11. The monoisotopic (exact) mass is 375 g/mol. The molecule has 2 atom stereocenters. The first-order chi connectivity index (χ1) is 8.66. The molecule has 0 saturated carbocycles. The fraction of sp³-hybridized carbons (Fsp3) is 0.571. The molecule has 1 aliphatic heterocycles. The Kier molecular flexibility index (Phi) is 5.67. The largest absolute Gasteiger partial charge is 0.378 e. The maximum absolute atomic E-state index is 6.24. The van der Waals surface area contributed by atoms with Crippen LogP contribution < -0.4 is 5.73 Å². The number of hydrogen-bond acceptors (Lipinski definition) is 2. The minimum absolute atomic E-state index is 0.105. The number of benzene rings is 1. The van der Waals surface area contributed by atoms with E-state index in [1.54, 1.807) is 0 Å². The summed E-state index contributed by atoms with van der Waals surface area (Å²) >= 11 is 7.03. The average molecular weight is 377 g/mol. The van der Waals surface area contributed by atoms with Gasteiger partial charge in [-0.15, -0.1) is 0 Å². The first-order valence-corrected chi connectivity index (χ1v) is 8.07. The lowest BCUT2D eigenvalue weighted by Gasteiger charge is -2.15. The van der Waals surface area contributed by atoms with Gasteiger partial charge in [-0.25, -0.2) is 0 Å². The quantitative estimate of drug-likeness (QED) is 0.817. The molecule has 2 unspecified atom stereocenters. The van der Waals surface area contributed by atoms with Gasteiger partial charge in [-0.3, -0.25) is 0 Å². The van der Waals surface area contributed by atoms with Crippen LogP contribution in [0.2, 0.25) is 0 Å². The topological polar surface area (TPSA) is 35.2 Å². The fourth-order valence-electron chi connectivity index (χ4n) is 2.40. The predicted molar refractivity (Wildman–Crippen MR) is 81.6 cm³/mol. The Balaban J connectivity index is 1.81. The number of nitrogens with two attached hydrogens (primary N) is 1. The molecular weight excluding hydrogens is 358 g/mol. The molecule has 1 aromatic rings. The third-order valence-corrected chi connectivity index (χ3v) is 4.61. The number of rotatable bonds is 5. The number of hydrogen-bond donors (Lipinski definition) is 1. The molecule has 2 nitrogen and oxygen atoms in total. The molecule has 1 fully saturated rings. The molecule has 1 heterocycles. The molecule has 18 heavy (non-hydrogen) atoms. The van der Waals surface area contributed by atoms with Crippen molar-refractivity contribution >= 4 is 31.9 Å². The summed E-state index contributed by atoms with van der Waals surface area (Å²) in [6, 6.07) is 6.29. The Labute approximate surface area is 126 Å². The lowest BCUT2D eigenvalue weighted by molar-refractivity contribution is 0.101. The Morgan fingerprint density at radius 3 is 2.89 bits per heavy atom. The molecule has 1 aliphatic rings. The van der Waals surface area contributed by atoms with Gasteiger partial charge in [0.15, 0.2) is 0 Å². The van der Waals surface area contributed by atoms with Crippen LogP contribution in [-0.2, 0) is 4.74 Å². The number of ether oxygens (including phenoxy) is 1. The van der Waals surface area contributed by atoms with E-state index in [2.05, 4.69) is 44.0 Å². The molecule has 1 saturated heterocycles. The van der Waals surface area contributed by atoms with Gasteiger partial charge in [-0.2, -0.15) is 0 Å². The Morgan fingerprint density at radius 2 is 2.22 bits per heavy atom. The molecule has 0 amide bonds. The smallest absolute Gasteiger partial charge is 0.0576 e. The SMILES string of the molecule is NC(CCCC1CCCO1)c1ccc(Br)cc1Br. The van der Waals surface area contributed by atoms with Gasteiger partial charge in [0.25, 0.3) is 0 Å². The minimum Gasteiger partial charge on any atom is -0.378 e. The zero-order chi connectivity index (χ0) is 13.0. The zero-order valence-corrected chi connectivity index (χ0v) is 13.5. The average Bonchev–Trinajstić information content (AvgIpc) is 2.81. The van der Waals surface area contributed by atoms with Crippen LogP contribution in [0.1, 0.15) is 43.7 Å². The van der Waals surface area contributed by atoms with Gasteiger partial charge in [0.2, 0.25) is 0 Å².